The van der Waals surface area contributed by atoms with Crippen LogP contribution < -0.4 is 11.1 Å². The number of nitrogens with two attached hydrogens (primary N) is 1. The predicted molar refractivity (Wildman–Crippen MR) is 68.2 cm³/mol. The number of amides is 1. The van der Waals surface area contributed by atoms with Crippen LogP contribution in [0.4, 0.5) is 0 Å². The molecule has 4 heteroatoms. The van der Waals surface area contributed by atoms with Crippen LogP contribution in [0, 0.1) is 5.92 Å². The zero-order valence-electron chi connectivity index (χ0n) is 11.5. The van der Waals surface area contributed by atoms with Gasteiger partial charge in [0.25, 0.3) is 0 Å². The number of rotatable bonds is 6. The van der Waals surface area contributed by atoms with E-state index in [2.05, 4.69) is 24.1 Å². The van der Waals surface area contributed by atoms with E-state index < -0.39 is 5.54 Å². The highest BCUT2D eigenvalue weighted by Crippen LogP contribution is 2.07. The van der Waals surface area contributed by atoms with Gasteiger partial charge in [0, 0.05) is 12.6 Å². The van der Waals surface area contributed by atoms with Gasteiger partial charge in [-0.25, -0.2) is 0 Å². The standard InChI is InChI=1S/C12H27N3O/c1-9(2)7-10(8-15(5)6)14-11(16)12(3,4)13/h9-10H,7-8,13H2,1-6H3,(H,14,16). The first-order chi connectivity index (χ1) is 7.12. The van der Waals surface area contributed by atoms with Gasteiger partial charge in [0.1, 0.15) is 0 Å². The Hall–Kier alpha value is -0.610. The molecule has 0 aromatic heterocycles. The summed E-state index contributed by atoms with van der Waals surface area (Å²) in [6.45, 7) is 8.61. The third-order valence-corrected chi connectivity index (χ3v) is 2.26. The molecule has 1 unspecified atom stereocenters. The monoisotopic (exact) mass is 229 g/mol. The second kappa shape index (κ2) is 6.21. The minimum atomic E-state index is -0.804. The number of carbonyl (C=O) groups excluding carboxylic acids is 1. The summed E-state index contributed by atoms with van der Waals surface area (Å²) in [6.07, 6.45) is 0.972. The fraction of sp³-hybridized carbons (Fsp3) is 0.917. The van der Waals surface area contributed by atoms with Gasteiger partial charge in [-0.05, 0) is 40.3 Å². The molecule has 0 aromatic carbocycles. The molecule has 3 N–H and O–H groups in total. The molecule has 0 spiro atoms. The number of carbonyl (C=O) groups is 1. The minimum absolute atomic E-state index is 0.0833. The predicted octanol–water partition coefficient (Wildman–Crippen LogP) is 0.816. The molecular formula is C12H27N3O. The number of nitrogens with one attached hydrogen (secondary N) is 1. The van der Waals surface area contributed by atoms with Crippen molar-refractivity contribution in [1.29, 1.82) is 0 Å². The SMILES string of the molecule is CC(C)CC(CN(C)C)NC(=O)C(C)(C)N. The van der Waals surface area contributed by atoms with E-state index in [0.717, 1.165) is 13.0 Å². The molecule has 0 bridgehead atoms. The lowest BCUT2D eigenvalue weighted by Crippen LogP contribution is -2.54. The van der Waals surface area contributed by atoms with Crippen LogP contribution in [0.25, 0.3) is 0 Å². The van der Waals surface area contributed by atoms with E-state index in [-0.39, 0.29) is 11.9 Å². The maximum atomic E-state index is 11.8. The van der Waals surface area contributed by atoms with Crippen LogP contribution in [0.5, 0.6) is 0 Å². The van der Waals surface area contributed by atoms with E-state index in [0.29, 0.717) is 5.92 Å². The Kier molecular flexibility index (Phi) is 5.97. The summed E-state index contributed by atoms with van der Waals surface area (Å²) < 4.78 is 0. The van der Waals surface area contributed by atoms with Gasteiger partial charge >= 0.3 is 0 Å². The zero-order valence-corrected chi connectivity index (χ0v) is 11.5. The molecule has 0 fully saturated rings. The third-order valence-electron chi connectivity index (χ3n) is 2.26. The molecule has 4 nitrogen and oxygen atoms in total. The number of likely N-dealkylation sites (N-methyl/N-ethyl adjacent to an activating group) is 1. The average Bonchev–Trinajstić information content (AvgIpc) is 1.98. The van der Waals surface area contributed by atoms with Gasteiger partial charge in [-0.1, -0.05) is 13.8 Å². The quantitative estimate of drug-likeness (QED) is 0.709. The molecule has 16 heavy (non-hydrogen) atoms. The summed E-state index contributed by atoms with van der Waals surface area (Å²) in [6, 6.07) is 0.172. The fourth-order valence-electron chi connectivity index (χ4n) is 1.56. The first-order valence-electron chi connectivity index (χ1n) is 5.87. The summed E-state index contributed by atoms with van der Waals surface area (Å²) in [4.78, 5) is 13.9. The first-order valence-corrected chi connectivity index (χ1v) is 5.87. The Labute approximate surface area is 99.6 Å². The molecule has 0 radical (unpaired) electrons. The van der Waals surface area contributed by atoms with Crippen LogP contribution in [0.2, 0.25) is 0 Å². The van der Waals surface area contributed by atoms with Gasteiger partial charge in [-0.2, -0.15) is 0 Å². The van der Waals surface area contributed by atoms with Crippen LogP contribution in [-0.2, 0) is 4.79 Å². The molecule has 1 amide bonds. The van der Waals surface area contributed by atoms with Gasteiger partial charge in [0.15, 0.2) is 0 Å². The van der Waals surface area contributed by atoms with Crippen molar-refractivity contribution in [3.05, 3.63) is 0 Å². The molecular weight excluding hydrogens is 202 g/mol. The van der Waals surface area contributed by atoms with Crippen molar-refractivity contribution in [1.82, 2.24) is 10.2 Å². The van der Waals surface area contributed by atoms with Gasteiger partial charge in [-0.15, -0.1) is 0 Å². The van der Waals surface area contributed by atoms with Gasteiger partial charge < -0.3 is 16.0 Å². The molecule has 96 valence electrons. The van der Waals surface area contributed by atoms with Gasteiger partial charge in [-0.3, -0.25) is 4.79 Å². The molecule has 0 aliphatic rings. The number of nitrogens with zero attached hydrogens (tertiary/aromatic N) is 1. The van der Waals surface area contributed by atoms with Crippen LogP contribution in [0.15, 0.2) is 0 Å². The van der Waals surface area contributed by atoms with Crippen LogP contribution in [0.3, 0.4) is 0 Å². The lowest BCUT2D eigenvalue weighted by molar-refractivity contribution is -0.126. The Bertz CT molecular complexity index is 209. The Morgan fingerprint density at radius 2 is 1.88 bits per heavy atom. The second-order valence-electron chi connectivity index (χ2n) is 5.78. The van der Waals surface area contributed by atoms with Crippen LogP contribution in [0.1, 0.15) is 34.1 Å². The van der Waals surface area contributed by atoms with Crippen molar-refractivity contribution < 1.29 is 4.79 Å². The molecule has 0 aliphatic carbocycles. The van der Waals surface area contributed by atoms with Crippen molar-refractivity contribution >= 4 is 5.91 Å². The van der Waals surface area contributed by atoms with E-state index in [9.17, 15) is 4.79 Å². The summed E-state index contributed by atoms with van der Waals surface area (Å²) in [5.74, 6) is 0.478. The van der Waals surface area contributed by atoms with Crippen LogP contribution in [-0.4, -0.2) is 43.0 Å². The van der Waals surface area contributed by atoms with E-state index in [1.54, 1.807) is 13.8 Å². The highest BCUT2D eigenvalue weighted by Gasteiger charge is 2.25. The van der Waals surface area contributed by atoms with Crippen LogP contribution >= 0.6 is 0 Å². The van der Waals surface area contributed by atoms with Crippen molar-refractivity contribution in [3.63, 3.8) is 0 Å². The Balaban J connectivity index is 4.36. The van der Waals surface area contributed by atoms with E-state index in [1.165, 1.54) is 0 Å². The topological polar surface area (TPSA) is 58.4 Å². The summed E-state index contributed by atoms with van der Waals surface area (Å²) in [7, 11) is 4.01. The number of hydrogen-bond donors (Lipinski definition) is 2. The lowest BCUT2D eigenvalue weighted by Gasteiger charge is -2.27. The normalized spacial score (nSPS) is 14.3. The summed E-state index contributed by atoms with van der Waals surface area (Å²) in [5.41, 5.74) is 4.96. The van der Waals surface area contributed by atoms with Crippen molar-refractivity contribution in [2.45, 2.75) is 45.7 Å². The highest BCUT2D eigenvalue weighted by molar-refractivity contribution is 5.85. The summed E-state index contributed by atoms with van der Waals surface area (Å²) in [5, 5.41) is 3.01. The van der Waals surface area contributed by atoms with Gasteiger partial charge in [0.2, 0.25) is 5.91 Å². The molecule has 0 heterocycles. The van der Waals surface area contributed by atoms with E-state index in [1.807, 2.05) is 14.1 Å². The average molecular weight is 229 g/mol. The third kappa shape index (κ3) is 6.80. The van der Waals surface area contributed by atoms with Gasteiger partial charge in [0.05, 0.1) is 5.54 Å². The maximum absolute atomic E-state index is 11.8. The lowest BCUT2D eigenvalue weighted by atomic mass is 10.0. The molecule has 0 aliphatic heterocycles. The first kappa shape index (κ1) is 15.4. The van der Waals surface area contributed by atoms with E-state index >= 15 is 0 Å². The van der Waals surface area contributed by atoms with Crippen molar-refractivity contribution in [3.8, 4) is 0 Å². The Morgan fingerprint density at radius 1 is 1.38 bits per heavy atom. The smallest absolute Gasteiger partial charge is 0.239 e. The minimum Gasteiger partial charge on any atom is -0.350 e. The highest BCUT2D eigenvalue weighted by atomic mass is 16.2. The maximum Gasteiger partial charge on any atom is 0.239 e. The molecule has 0 saturated heterocycles. The Morgan fingerprint density at radius 3 is 2.19 bits per heavy atom. The summed E-state index contributed by atoms with van der Waals surface area (Å²) >= 11 is 0. The largest absolute Gasteiger partial charge is 0.350 e. The molecule has 1 atom stereocenters. The van der Waals surface area contributed by atoms with E-state index in [4.69, 9.17) is 5.73 Å². The number of hydrogen-bond acceptors (Lipinski definition) is 3. The fourth-order valence-corrected chi connectivity index (χ4v) is 1.56. The molecule has 0 rings (SSSR count). The molecule has 0 saturated carbocycles. The van der Waals surface area contributed by atoms with Crippen molar-refractivity contribution in [2.75, 3.05) is 20.6 Å². The molecule has 0 aromatic rings. The second-order valence-corrected chi connectivity index (χ2v) is 5.78. The van der Waals surface area contributed by atoms with Crippen molar-refractivity contribution in [2.24, 2.45) is 11.7 Å². The zero-order chi connectivity index (χ0) is 12.9.